The maximum absolute atomic E-state index is 11.4. The van der Waals surface area contributed by atoms with Crippen molar-refractivity contribution in [1.29, 1.82) is 0 Å². The molecule has 0 saturated carbocycles. The Morgan fingerprint density at radius 1 is 1.00 bits per heavy atom. The first-order chi connectivity index (χ1) is 11.7. The van der Waals surface area contributed by atoms with Crippen LogP contribution in [0.4, 0.5) is 0 Å². The zero-order valence-corrected chi connectivity index (χ0v) is 17.2. The summed E-state index contributed by atoms with van der Waals surface area (Å²) in [4.78, 5) is 26.4. The molecular formula is C19H38N4O2. The summed E-state index contributed by atoms with van der Waals surface area (Å²) in [6.45, 7) is 18.9. The van der Waals surface area contributed by atoms with Crippen molar-refractivity contribution >= 4 is 11.8 Å². The lowest BCUT2D eigenvalue weighted by Crippen LogP contribution is -2.47. The van der Waals surface area contributed by atoms with Crippen molar-refractivity contribution in [2.45, 2.75) is 59.8 Å². The Balaban J connectivity index is 0. The van der Waals surface area contributed by atoms with Crippen molar-refractivity contribution in [3.8, 4) is 0 Å². The van der Waals surface area contributed by atoms with Gasteiger partial charge in [0.15, 0.2) is 0 Å². The van der Waals surface area contributed by atoms with Gasteiger partial charge in [0.1, 0.15) is 0 Å². The minimum Gasteiger partial charge on any atom is -0.337 e. The van der Waals surface area contributed by atoms with Crippen LogP contribution in [0.25, 0.3) is 0 Å². The first-order valence-corrected chi connectivity index (χ1v) is 8.97. The maximum atomic E-state index is 11.4. The van der Waals surface area contributed by atoms with Crippen LogP contribution >= 0.6 is 0 Å². The lowest BCUT2D eigenvalue weighted by atomic mass is 10.2. The number of hydrogen-bond donors (Lipinski definition) is 2. The SMILES string of the molecule is C=C(C)C(=O)NC(CC)N(CC)CC.C=CC(=O)NC(CC)N(C)C. The van der Waals surface area contributed by atoms with Crippen molar-refractivity contribution in [3.63, 3.8) is 0 Å². The molecule has 0 aliphatic rings. The highest BCUT2D eigenvalue weighted by molar-refractivity contribution is 5.92. The van der Waals surface area contributed by atoms with Gasteiger partial charge in [-0.15, -0.1) is 0 Å². The third kappa shape index (κ3) is 11.5. The summed E-state index contributed by atoms with van der Waals surface area (Å²) >= 11 is 0. The standard InChI is InChI=1S/C11H22N2O.C8H16N2O/c1-6-10(13(7-2)8-3)12-11(14)9(4)5;1-5-7(10(3)4)9-8(11)6-2/h10H,4,6-8H2,1-3,5H3,(H,12,14);6-7H,2,5H2,1,3-4H3,(H,9,11). The van der Waals surface area contributed by atoms with Crippen molar-refractivity contribution in [3.05, 3.63) is 24.8 Å². The first-order valence-electron chi connectivity index (χ1n) is 8.97. The molecule has 25 heavy (non-hydrogen) atoms. The number of nitrogens with zero attached hydrogens (tertiary/aromatic N) is 2. The normalized spacial score (nSPS) is 12.7. The molecule has 6 heteroatoms. The highest BCUT2D eigenvalue weighted by Gasteiger charge is 2.15. The molecule has 0 aromatic heterocycles. The highest BCUT2D eigenvalue weighted by Crippen LogP contribution is 2.01. The van der Waals surface area contributed by atoms with E-state index in [1.807, 2.05) is 25.9 Å². The van der Waals surface area contributed by atoms with Gasteiger partial charge in [0.05, 0.1) is 12.3 Å². The molecule has 0 spiro atoms. The van der Waals surface area contributed by atoms with Crippen LogP contribution in [-0.4, -0.2) is 61.1 Å². The quantitative estimate of drug-likeness (QED) is 0.467. The predicted octanol–water partition coefficient (Wildman–Crippen LogP) is 2.34. The molecule has 0 rings (SSSR count). The van der Waals surface area contributed by atoms with E-state index in [1.165, 1.54) is 6.08 Å². The second-order valence-corrected chi connectivity index (χ2v) is 6.00. The predicted molar refractivity (Wildman–Crippen MR) is 106 cm³/mol. The summed E-state index contributed by atoms with van der Waals surface area (Å²) < 4.78 is 0. The molecule has 0 aliphatic heterocycles. The van der Waals surface area contributed by atoms with E-state index in [-0.39, 0.29) is 24.1 Å². The van der Waals surface area contributed by atoms with Crippen LogP contribution in [0.1, 0.15) is 47.5 Å². The van der Waals surface area contributed by atoms with E-state index >= 15 is 0 Å². The molecular weight excluding hydrogens is 316 g/mol. The van der Waals surface area contributed by atoms with Gasteiger partial charge in [-0.1, -0.05) is 40.9 Å². The Hall–Kier alpha value is -1.66. The fourth-order valence-electron chi connectivity index (χ4n) is 2.21. The summed E-state index contributed by atoms with van der Waals surface area (Å²) in [6, 6.07) is 0. The largest absolute Gasteiger partial charge is 0.337 e. The number of carbonyl (C=O) groups is 2. The Morgan fingerprint density at radius 3 is 1.76 bits per heavy atom. The minimum atomic E-state index is -0.120. The fraction of sp³-hybridized carbons (Fsp3) is 0.684. The van der Waals surface area contributed by atoms with Gasteiger partial charge in [0.25, 0.3) is 0 Å². The Morgan fingerprint density at radius 2 is 1.48 bits per heavy atom. The van der Waals surface area contributed by atoms with Crippen LogP contribution < -0.4 is 10.6 Å². The van der Waals surface area contributed by atoms with E-state index in [4.69, 9.17) is 0 Å². The van der Waals surface area contributed by atoms with Crippen molar-refractivity contribution < 1.29 is 9.59 Å². The van der Waals surface area contributed by atoms with Gasteiger partial charge in [0, 0.05) is 5.57 Å². The summed E-state index contributed by atoms with van der Waals surface area (Å²) in [5.74, 6) is -0.172. The number of nitrogens with one attached hydrogen (secondary N) is 2. The van der Waals surface area contributed by atoms with Crippen LogP contribution in [0.2, 0.25) is 0 Å². The summed E-state index contributed by atoms with van der Waals surface area (Å²) in [5.41, 5.74) is 0.565. The molecule has 2 unspecified atom stereocenters. The molecule has 2 amide bonds. The molecule has 0 heterocycles. The molecule has 0 saturated heterocycles. The monoisotopic (exact) mass is 354 g/mol. The second-order valence-electron chi connectivity index (χ2n) is 6.00. The van der Waals surface area contributed by atoms with Crippen LogP contribution in [0, 0.1) is 0 Å². The lowest BCUT2D eigenvalue weighted by molar-refractivity contribution is -0.119. The van der Waals surface area contributed by atoms with E-state index in [0.717, 1.165) is 25.9 Å². The number of carbonyl (C=O) groups excluding carboxylic acids is 2. The first kappa shape index (κ1) is 25.6. The van der Waals surface area contributed by atoms with Crippen LogP contribution in [-0.2, 0) is 9.59 Å². The van der Waals surface area contributed by atoms with Gasteiger partial charge >= 0.3 is 0 Å². The summed E-state index contributed by atoms with van der Waals surface area (Å²) in [6.07, 6.45) is 3.34. The topological polar surface area (TPSA) is 64.7 Å². The highest BCUT2D eigenvalue weighted by atomic mass is 16.2. The van der Waals surface area contributed by atoms with Gasteiger partial charge in [0.2, 0.25) is 11.8 Å². The van der Waals surface area contributed by atoms with Crippen LogP contribution in [0.5, 0.6) is 0 Å². The zero-order chi connectivity index (χ0) is 20.0. The average molecular weight is 355 g/mol. The van der Waals surface area contributed by atoms with Crippen LogP contribution in [0.3, 0.4) is 0 Å². The van der Waals surface area contributed by atoms with E-state index in [0.29, 0.717) is 5.57 Å². The molecule has 0 aromatic carbocycles. The van der Waals surface area contributed by atoms with Crippen molar-refractivity contribution in [2.75, 3.05) is 27.2 Å². The van der Waals surface area contributed by atoms with Crippen molar-refractivity contribution in [1.82, 2.24) is 20.4 Å². The molecule has 0 aliphatic carbocycles. The molecule has 0 aromatic rings. The lowest BCUT2D eigenvalue weighted by Gasteiger charge is -2.29. The van der Waals surface area contributed by atoms with Gasteiger partial charge in [-0.3, -0.25) is 19.4 Å². The van der Waals surface area contributed by atoms with E-state index in [9.17, 15) is 9.59 Å². The molecule has 0 bridgehead atoms. The van der Waals surface area contributed by atoms with Crippen LogP contribution in [0.15, 0.2) is 24.8 Å². The molecule has 2 atom stereocenters. The summed E-state index contributed by atoms with van der Waals surface area (Å²) in [7, 11) is 3.86. The maximum Gasteiger partial charge on any atom is 0.247 e. The van der Waals surface area contributed by atoms with Gasteiger partial charge in [-0.2, -0.15) is 0 Å². The van der Waals surface area contributed by atoms with E-state index in [2.05, 4.69) is 49.5 Å². The number of amides is 2. The molecule has 6 nitrogen and oxygen atoms in total. The van der Waals surface area contributed by atoms with Gasteiger partial charge < -0.3 is 10.6 Å². The molecule has 2 N–H and O–H groups in total. The number of hydrogen-bond acceptors (Lipinski definition) is 4. The van der Waals surface area contributed by atoms with Gasteiger partial charge in [-0.25, -0.2) is 0 Å². The summed E-state index contributed by atoms with van der Waals surface area (Å²) in [5, 5.41) is 5.74. The molecule has 146 valence electrons. The van der Waals surface area contributed by atoms with E-state index in [1.54, 1.807) is 6.92 Å². The Bertz CT molecular complexity index is 418. The Kier molecular flexibility index (Phi) is 15.0. The molecule has 0 radical (unpaired) electrons. The Labute approximate surface area is 154 Å². The average Bonchev–Trinajstić information content (AvgIpc) is 2.59. The number of rotatable bonds is 10. The minimum absolute atomic E-state index is 0.0521. The zero-order valence-electron chi connectivity index (χ0n) is 17.2. The smallest absolute Gasteiger partial charge is 0.247 e. The fourth-order valence-corrected chi connectivity index (χ4v) is 2.21. The second kappa shape index (κ2) is 14.7. The van der Waals surface area contributed by atoms with Crippen molar-refractivity contribution in [2.24, 2.45) is 0 Å². The molecule has 0 fully saturated rings. The van der Waals surface area contributed by atoms with E-state index < -0.39 is 0 Å². The van der Waals surface area contributed by atoms with Gasteiger partial charge in [-0.05, 0) is 53.0 Å². The third-order valence-electron chi connectivity index (χ3n) is 3.83. The third-order valence-corrected chi connectivity index (χ3v) is 3.83.